The van der Waals surface area contributed by atoms with Crippen molar-refractivity contribution in [3.8, 4) is 18.2 Å². The summed E-state index contributed by atoms with van der Waals surface area (Å²) in [5, 5.41) is 0.378. The number of methoxy groups -OCH3 is 1. The van der Waals surface area contributed by atoms with Crippen LogP contribution in [0.5, 0.6) is 5.88 Å². The lowest BCUT2D eigenvalue weighted by molar-refractivity contribution is 0.399. The monoisotopic (exact) mass is 361 g/mol. The van der Waals surface area contributed by atoms with Gasteiger partial charge in [-0.2, -0.15) is 4.98 Å². The number of rotatable bonds is 2. The fourth-order valence-electron chi connectivity index (χ4n) is 1.37. The quantitative estimate of drug-likeness (QED) is 0.394. The summed E-state index contributed by atoms with van der Waals surface area (Å²) in [5.41, 5.74) is 2.97. The lowest BCUT2D eigenvalue weighted by atomic mass is 10.4. The number of allylic oxidation sites excluding steroid dienone is 3. The van der Waals surface area contributed by atoms with Gasteiger partial charge >= 0.3 is 0 Å². The number of aromatic nitrogens is 3. The van der Waals surface area contributed by atoms with Crippen molar-refractivity contribution in [2.24, 2.45) is 0 Å². The second-order valence-electron chi connectivity index (χ2n) is 4.64. The van der Waals surface area contributed by atoms with Crippen LogP contribution in [0.1, 0.15) is 39.1 Å². The van der Waals surface area contributed by atoms with Crippen LogP contribution >= 0.6 is 11.6 Å². The predicted molar refractivity (Wildman–Crippen MR) is 109 cm³/mol. The summed E-state index contributed by atoms with van der Waals surface area (Å²) in [6.07, 6.45) is 10.3. The van der Waals surface area contributed by atoms with Gasteiger partial charge in [-0.15, -0.1) is 13.0 Å². The van der Waals surface area contributed by atoms with E-state index in [0.29, 0.717) is 22.4 Å². The van der Waals surface area contributed by atoms with Crippen LogP contribution in [0.25, 0.3) is 5.65 Å². The number of hydrogen-bond donors (Lipinski definition) is 0. The molecule has 4 nitrogen and oxygen atoms in total. The van der Waals surface area contributed by atoms with Crippen LogP contribution < -0.4 is 4.74 Å². The number of hydrogen-bond acceptors (Lipinski definition) is 3. The van der Waals surface area contributed by atoms with E-state index in [-0.39, 0.29) is 0 Å². The van der Waals surface area contributed by atoms with Gasteiger partial charge in [0.1, 0.15) is 5.15 Å². The highest BCUT2D eigenvalue weighted by molar-refractivity contribution is 6.30. The van der Waals surface area contributed by atoms with E-state index in [1.54, 1.807) is 22.7 Å². The normalized spacial score (nSPS) is 8.24. The van der Waals surface area contributed by atoms with Gasteiger partial charge in [-0.05, 0) is 26.7 Å². The molecule has 0 bridgehead atoms. The molecule has 0 amide bonds. The van der Waals surface area contributed by atoms with Crippen molar-refractivity contribution in [2.45, 2.75) is 34.6 Å². The SMILES string of the molecule is C#Cc1nc(OC)c2ncc(C)n2c1Cl.C=C(C)C.C=CC=C.CC. The molecule has 0 fully saturated rings. The maximum Gasteiger partial charge on any atom is 0.259 e. The van der Waals surface area contributed by atoms with Crippen LogP contribution in [0.2, 0.25) is 5.15 Å². The molecule has 25 heavy (non-hydrogen) atoms. The van der Waals surface area contributed by atoms with Crippen LogP contribution in [-0.4, -0.2) is 21.5 Å². The molecule has 0 aliphatic rings. The fraction of sp³-hybridized carbons (Fsp3) is 0.300. The number of terminal acetylenes is 1. The number of ether oxygens (including phenoxy) is 1. The average molecular weight is 362 g/mol. The maximum atomic E-state index is 6.08. The first-order valence-corrected chi connectivity index (χ1v) is 8.11. The van der Waals surface area contributed by atoms with E-state index in [2.05, 4.69) is 35.6 Å². The third kappa shape index (κ3) is 8.23. The number of halogens is 1. The molecule has 2 aromatic rings. The summed E-state index contributed by atoms with van der Waals surface area (Å²) < 4.78 is 6.80. The van der Waals surface area contributed by atoms with Crippen LogP contribution in [0.3, 0.4) is 0 Å². The standard InChI is InChI=1S/C10H8ClN3O.C4H8.C4H6.C2H6/c1-4-7-8(11)14-6(2)5-12-9(14)10(13-7)15-3;1-4(2)3;1-3-4-2;1-2/h1,5H,2-3H3;1H2,2-3H3;3-4H,1-2H2;1-2H3. The van der Waals surface area contributed by atoms with Crippen molar-refractivity contribution >= 4 is 17.2 Å². The molecule has 136 valence electrons. The van der Waals surface area contributed by atoms with Crippen LogP contribution in [-0.2, 0) is 0 Å². The summed E-state index contributed by atoms with van der Waals surface area (Å²) in [5.74, 6) is 2.78. The highest BCUT2D eigenvalue weighted by Gasteiger charge is 2.14. The highest BCUT2D eigenvalue weighted by atomic mass is 35.5. The summed E-state index contributed by atoms with van der Waals surface area (Å²) in [4.78, 5) is 8.22. The molecule has 0 radical (unpaired) electrons. The Hall–Kier alpha value is -2.51. The minimum atomic E-state index is 0.349. The Labute approximate surface area is 156 Å². The zero-order valence-electron chi connectivity index (χ0n) is 16.1. The molecule has 0 aromatic carbocycles. The van der Waals surface area contributed by atoms with Crippen molar-refractivity contribution in [2.75, 3.05) is 7.11 Å². The van der Waals surface area contributed by atoms with E-state index in [4.69, 9.17) is 22.8 Å². The van der Waals surface area contributed by atoms with Crippen LogP contribution in [0, 0.1) is 19.3 Å². The van der Waals surface area contributed by atoms with Crippen molar-refractivity contribution in [1.29, 1.82) is 0 Å². The van der Waals surface area contributed by atoms with E-state index in [9.17, 15) is 0 Å². The van der Waals surface area contributed by atoms with Gasteiger partial charge in [-0.1, -0.05) is 56.3 Å². The third-order valence-corrected chi connectivity index (χ3v) is 2.58. The van der Waals surface area contributed by atoms with Crippen molar-refractivity contribution in [3.05, 3.63) is 60.2 Å². The zero-order valence-corrected chi connectivity index (χ0v) is 16.8. The first kappa shape index (κ1) is 24.7. The fourth-order valence-corrected chi connectivity index (χ4v) is 1.68. The van der Waals surface area contributed by atoms with Gasteiger partial charge in [0, 0.05) is 11.9 Å². The van der Waals surface area contributed by atoms with Crippen molar-refractivity contribution < 1.29 is 4.74 Å². The second kappa shape index (κ2) is 13.9. The summed E-state index contributed by atoms with van der Waals surface area (Å²) in [6.45, 7) is 20.1. The molecule has 2 aromatic heterocycles. The molecule has 0 saturated carbocycles. The van der Waals surface area contributed by atoms with E-state index < -0.39 is 0 Å². The smallest absolute Gasteiger partial charge is 0.259 e. The van der Waals surface area contributed by atoms with Gasteiger partial charge in [0.25, 0.3) is 5.88 Å². The molecule has 2 rings (SSSR count). The zero-order chi connectivity index (χ0) is 20.0. The molecular formula is C20H28ClN3O. The predicted octanol–water partition coefficient (Wildman–Crippen LogP) is 5.65. The molecule has 0 N–H and O–H groups in total. The first-order chi connectivity index (χ1) is 11.8. The number of aryl methyl sites for hydroxylation is 1. The molecule has 2 heterocycles. The Balaban J connectivity index is 0. The Kier molecular flexibility index (Phi) is 13.7. The van der Waals surface area contributed by atoms with Crippen LogP contribution in [0.4, 0.5) is 0 Å². The van der Waals surface area contributed by atoms with Gasteiger partial charge in [0.15, 0.2) is 5.69 Å². The Bertz CT molecular complexity index is 729. The molecule has 0 saturated heterocycles. The number of fused-ring (bicyclic) bond motifs is 1. The lowest BCUT2D eigenvalue weighted by Crippen LogP contribution is -2.00. The minimum Gasteiger partial charge on any atom is -0.478 e. The maximum absolute atomic E-state index is 6.08. The Morgan fingerprint density at radius 3 is 2.16 bits per heavy atom. The van der Waals surface area contributed by atoms with Crippen LogP contribution in [0.15, 0.2) is 43.7 Å². The molecule has 0 unspecified atom stereocenters. The molecule has 0 aliphatic heterocycles. The van der Waals surface area contributed by atoms with Gasteiger partial charge in [0.2, 0.25) is 5.65 Å². The van der Waals surface area contributed by atoms with Gasteiger partial charge in [-0.25, -0.2) is 4.98 Å². The first-order valence-electron chi connectivity index (χ1n) is 7.73. The summed E-state index contributed by atoms with van der Waals surface area (Å²) >= 11 is 6.08. The molecule has 0 aliphatic carbocycles. The number of imidazole rings is 1. The van der Waals surface area contributed by atoms with E-state index in [0.717, 1.165) is 5.69 Å². The summed E-state index contributed by atoms with van der Waals surface area (Å²) in [7, 11) is 1.51. The van der Waals surface area contributed by atoms with E-state index in [1.807, 2.05) is 34.6 Å². The highest BCUT2D eigenvalue weighted by Crippen LogP contribution is 2.24. The molecular weight excluding hydrogens is 334 g/mol. The largest absolute Gasteiger partial charge is 0.478 e. The molecule has 5 heteroatoms. The Morgan fingerprint density at radius 2 is 1.80 bits per heavy atom. The lowest BCUT2D eigenvalue weighted by Gasteiger charge is -2.06. The molecule has 0 spiro atoms. The summed E-state index contributed by atoms with van der Waals surface area (Å²) in [6, 6.07) is 0. The van der Waals surface area contributed by atoms with Gasteiger partial charge in [0.05, 0.1) is 7.11 Å². The number of nitrogens with zero attached hydrogens (tertiary/aromatic N) is 3. The molecule has 0 atom stereocenters. The third-order valence-electron chi connectivity index (χ3n) is 2.23. The minimum absolute atomic E-state index is 0.349. The van der Waals surface area contributed by atoms with E-state index in [1.165, 1.54) is 12.7 Å². The van der Waals surface area contributed by atoms with Gasteiger partial charge < -0.3 is 4.74 Å². The van der Waals surface area contributed by atoms with Gasteiger partial charge in [-0.3, -0.25) is 4.40 Å². The average Bonchev–Trinajstić information content (AvgIpc) is 2.99. The Morgan fingerprint density at radius 1 is 1.32 bits per heavy atom. The van der Waals surface area contributed by atoms with E-state index >= 15 is 0 Å². The second-order valence-corrected chi connectivity index (χ2v) is 5.00. The topological polar surface area (TPSA) is 39.4 Å². The van der Waals surface area contributed by atoms with Crippen molar-refractivity contribution in [3.63, 3.8) is 0 Å². The van der Waals surface area contributed by atoms with Crippen molar-refractivity contribution in [1.82, 2.24) is 14.4 Å².